The van der Waals surface area contributed by atoms with Crippen molar-refractivity contribution in [3.63, 3.8) is 0 Å². The van der Waals surface area contributed by atoms with Crippen LogP contribution in [-0.4, -0.2) is 11.5 Å². The minimum atomic E-state index is 0. The molecule has 0 aliphatic heterocycles. The second kappa shape index (κ2) is 24.4. The molecule has 3 heteroatoms. The van der Waals surface area contributed by atoms with Crippen LogP contribution in [0, 0.1) is 0 Å². The number of hydrogen-bond acceptors (Lipinski definition) is 2. The van der Waals surface area contributed by atoms with Gasteiger partial charge in [-0.15, -0.1) is 0 Å². The zero-order valence-corrected chi connectivity index (χ0v) is 12.9. The maximum Gasteiger partial charge on any atom is 2.00 e. The van der Waals surface area contributed by atoms with Gasteiger partial charge in [-0.2, -0.15) is 11.5 Å². The van der Waals surface area contributed by atoms with Gasteiger partial charge in [-0.25, -0.2) is 0 Å². The maximum atomic E-state index is 4.77. The van der Waals surface area contributed by atoms with Gasteiger partial charge in [0.25, 0.3) is 0 Å². The van der Waals surface area contributed by atoms with E-state index >= 15 is 0 Å². The van der Waals surface area contributed by atoms with Gasteiger partial charge < -0.3 is 25.3 Å². The van der Waals surface area contributed by atoms with E-state index in [0.717, 1.165) is 11.5 Å². The first-order valence-corrected chi connectivity index (χ1v) is 7.15. The minimum Gasteiger partial charge on any atom is -0.793 e. The molecule has 95 valence electrons. The molecule has 0 nitrogen and oxygen atoms in total. The summed E-state index contributed by atoms with van der Waals surface area (Å²) in [5.41, 5.74) is 0. The minimum absolute atomic E-state index is 0. The van der Waals surface area contributed by atoms with Gasteiger partial charge in [0.1, 0.15) is 0 Å². The fraction of sp³-hybridized carbons (Fsp3) is 1.00. The van der Waals surface area contributed by atoms with E-state index in [1.165, 1.54) is 51.4 Å². The van der Waals surface area contributed by atoms with Crippen molar-refractivity contribution < 1.29 is 16.8 Å². The molecule has 0 unspecified atom stereocenters. The molecule has 1 radical (unpaired) electrons. The van der Waals surface area contributed by atoms with Crippen molar-refractivity contribution in [3.8, 4) is 0 Å². The molecule has 0 aromatic heterocycles. The standard InChI is InChI=1S/2C6H14S.Co/c2*1-2-3-4-5-6-7;/h2*7H,2-6H2,1H3;/q;;+2/p-2. The van der Waals surface area contributed by atoms with Crippen molar-refractivity contribution in [2.75, 3.05) is 11.5 Å². The summed E-state index contributed by atoms with van der Waals surface area (Å²) in [7, 11) is 0. The first-order chi connectivity index (χ1) is 6.83. The summed E-state index contributed by atoms with van der Waals surface area (Å²) in [5, 5.41) is 0. The summed E-state index contributed by atoms with van der Waals surface area (Å²) >= 11 is 9.53. The first kappa shape index (κ1) is 21.5. The van der Waals surface area contributed by atoms with Crippen molar-refractivity contribution in [1.29, 1.82) is 0 Å². The Morgan fingerprint density at radius 1 is 0.600 bits per heavy atom. The fourth-order valence-corrected chi connectivity index (χ4v) is 1.47. The van der Waals surface area contributed by atoms with Crippen LogP contribution in [0.25, 0.3) is 0 Å². The SMILES string of the molecule is CCCCCC[S-].CCCCCC[S-].[Co+2]. The van der Waals surface area contributed by atoms with Gasteiger partial charge in [-0.1, -0.05) is 65.2 Å². The van der Waals surface area contributed by atoms with Gasteiger partial charge in [-0.3, -0.25) is 0 Å². The predicted molar refractivity (Wildman–Crippen MR) is 72.7 cm³/mol. The topological polar surface area (TPSA) is 0 Å². The van der Waals surface area contributed by atoms with Crippen molar-refractivity contribution in [3.05, 3.63) is 0 Å². The summed E-state index contributed by atoms with van der Waals surface area (Å²) in [6, 6.07) is 0. The zero-order valence-electron chi connectivity index (χ0n) is 10.2. The van der Waals surface area contributed by atoms with Crippen LogP contribution >= 0.6 is 0 Å². The van der Waals surface area contributed by atoms with Crippen LogP contribution in [0.3, 0.4) is 0 Å². The molecule has 0 aliphatic carbocycles. The van der Waals surface area contributed by atoms with E-state index in [4.69, 9.17) is 25.3 Å². The molecule has 0 atom stereocenters. The normalized spacial score (nSPS) is 8.80. The Morgan fingerprint density at radius 3 is 1.13 bits per heavy atom. The van der Waals surface area contributed by atoms with Gasteiger partial charge in [0.05, 0.1) is 0 Å². The molecule has 0 saturated carbocycles. The van der Waals surface area contributed by atoms with E-state index < -0.39 is 0 Å². The number of rotatable bonds is 8. The van der Waals surface area contributed by atoms with E-state index in [0.29, 0.717) is 0 Å². The van der Waals surface area contributed by atoms with Crippen LogP contribution in [0.15, 0.2) is 0 Å². The Hall–Kier alpha value is 1.21. The molecular weight excluding hydrogens is 267 g/mol. The van der Waals surface area contributed by atoms with Gasteiger partial charge >= 0.3 is 16.8 Å². The molecule has 0 N–H and O–H groups in total. The zero-order chi connectivity index (χ0) is 11.1. The molecule has 0 saturated heterocycles. The average molecular weight is 293 g/mol. The molecule has 15 heavy (non-hydrogen) atoms. The van der Waals surface area contributed by atoms with Gasteiger partial charge in [0.2, 0.25) is 0 Å². The van der Waals surface area contributed by atoms with Crippen LogP contribution in [-0.2, 0) is 42.0 Å². The smallest absolute Gasteiger partial charge is 0.793 e. The number of unbranched alkanes of at least 4 members (excludes halogenated alkanes) is 6. The molecule has 0 aromatic rings. The third-order valence-electron chi connectivity index (χ3n) is 2.00. The number of hydrogen-bond donors (Lipinski definition) is 0. The Kier molecular flexibility index (Phi) is 35.0. The molecular formula is C12H26CoS2. The molecule has 0 bridgehead atoms. The van der Waals surface area contributed by atoms with Gasteiger partial charge in [0, 0.05) is 0 Å². The Morgan fingerprint density at radius 2 is 0.933 bits per heavy atom. The molecule has 0 spiro atoms. The maximum absolute atomic E-state index is 4.77. The van der Waals surface area contributed by atoms with Crippen LogP contribution < -0.4 is 0 Å². The third-order valence-corrected chi connectivity index (χ3v) is 2.57. The Balaban J connectivity index is -0.000000180. The Labute approximate surface area is 118 Å². The van der Waals surface area contributed by atoms with Crippen LogP contribution in [0.5, 0.6) is 0 Å². The van der Waals surface area contributed by atoms with E-state index in [9.17, 15) is 0 Å². The van der Waals surface area contributed by atoms with Crippen molar-refractivity contribution in [2.45, 2.75) is 65.2 Å². The molecule has 0 rings (SSSR count). The van der Waals surface area contributed by atoms with Gasteiger partial charge in [0.15, 0.2) is 0 Å². The average Bonchev–Trinajstić information content (AvgIpc) is 2.21. The Bertz CT molecular complexity index is 62.0. The van der Waals surface area contributed by atoms with E-state index in [2.05, 4.69) is 13.8 Å². The second-order valence-electron chi connectivity index (χ2n) is 3.53. The van der Waals surface area contributed by atoms with Crippen LogP contribution in [0.1, 0.15) is 65.2 Å². The third kappa shape index (κ3) is 31.3. The summed E-state index contributed by atoms with van der Waals surface area (Å²) in [6.07, 6.45) is 10.5. The summed E-state index contributed by atoms with van der Waals surface area (Å²) < 4.78 is 0. The molecule has 0 fully saturated rings. The summed E-state index contributed by atoms with van der Waals surface area (Å²) in [5.74, 6) is 1.89. The molecule has 0 amide bonds. The van der Waals surface area contributed by atoms with E-state index in [1.807, 2.05) is 0 Å². The molecule has 0 heterocycles. The van der Waals surface area contributed by atoms with Crippen LogP contribution in [0.4, 0.5) is 0 Å². The van der Waals surface area contributed by atoms with Crippen molar-refractivity contribution in [2.24, 2.45) is 0 Å². The largest absolute Gasteiger partial charge is 2.00 e. The monoisotopic (exact) mass is 293 g/mol. The van der Waals surface area contributed by atoms with Gasteiger partial charge in [-0.05, 0) is 0 Å². The molecule has 0 aliphatic rings. The van der Waals surface area contributed by atoms with E-state index in [-0.39, 0.29) is 16.8 Å². The molecule has 0 aromatic carbocycles. The fourth-order valence-electron chi connectivity index (χ4n) is 1.06. The predicted octanol–water partition coefficient (Wildman–Crippen LogP) is 4.22. The van der Waals surface area contributed by atoms with Crippen molar-refractivity contribution in [1.82, 2.24) is 0 Å². The summed E-state index contributed by atoms with van der Waals surface area (Å²) in [4.78, 5) is 0. The van der Waals surface area contributed by atoms with E-state index in [1.54, 1.807) is 0 Å². The summed E-state index contributed by atoms with van der Waals surface area (Å²) in [6.45, 7) is 4.42. The first-order valence-electron chi connectivity index (χ1n) is 5.99. The van der Waals surface area contributed by atoms with Crippen LogP contribution in [0.2, 0.25) is 0 Å². The second-order valence-corrected chi connectivity index (χ2v) is 4.35. The quantitative estimate of drug-likeness (QED) is 0.485. The van der Waals surface area contributed by atoms with Crippen molar-refractivity contribution >= 4 is 25.3 Å².